The van der Waals surface area contributed by atoms with Gasteiger partial charge in [0.05, 0.1) is 12.0 Å². The first-order chi connectivity index (χ1) is 13.6. The number of nitro groups is 1. The van der Waals surface area contributed by atoms with Gasteiger partial charge in [-0.15, -0.1) is 0 Å². The number of amides is 2. The molecule has 152 valence electrons. The zero-order valence-corrected chi connectivity index (χ0v) is 16.7. The molecule has 2 aromatic carbocycles. The van der Waals surface area contributed by atoms with E-state index in [1.165, 1.54) is 24.3 Å². The number of ether oxygens (including phenoxy) is 1. The van der Waals surface area contributed by atoms with Gasteiger partial charge in [-0.1, -0.05) is 32.9 Å². The molecule has 0 aliphatic rings. The number of non-ortho nitro benzene ring substituents is 1. The first-order valence-electron chi connectivity index (χ1n) is 8.83. The molecule has 0 spiro atoms. The zero-order chi connectivity index (χ0) is 21.6. The third-order valence-corrected chi connectivity index (χ3v) is 3.94. The summed E-state index contributed by atoms with van der Waals surface area (Å²) in [6.07, 6.45) is 1.55. The van der Waals surface area contributed by atoms with E-state index >= 15 is 0 Å². The van der Waals surface area contributed by atoms with Gasteiger partial charge in [-0.2, -0.15) is 0 Å². The molecular weight excluding hydrogens is 374 g/mol. The fraction of sp³-hybridized carbons (Fsp3) is 0.238. The second-order valence-corrected chi connectivity index (χ2v) is 7.29. The molecule has 2 rings (SSSR count). The van der Waals surface area contributed by atoms with Gasteiger partial charge in [0, 0.05) is 23.2 Å². The summed E-state index contributed by atoms with van der Waals surface area (Å²) in [5.41, 5.74) is 0.318. The van der Waals surface area contributed by atoms with Gasteiger partial charge in [0.25, 0.3) is 11.6 Å². The minimum Gasteiger partial charge on any atom is -0.497 e. The van der Waals surface area contributed by atoms with Crippen molar-refractivity contribution in [3.8, 4) is 5.75 Å². The van der Waals surface area contributed by atoms with Crippen LogP contribution in [0.3, 0.4) is 0 Å². The maximum Gasteiger partial charge on any atom is 0.272 e. The molecule has 0 radical (unpaired) electrons. The molecule has 0 heterocycles. The van der Waals surface area contributed by atoms with Gasteiger partial charge in [-0.05, 0) is 35.9 Å². The van der Waals surface area contributed by atoms with Crippen molar-refractivity contribution in [3.05, 3.63) is 69.9 Å². The van der Waals surface area contributed by atoms with E-state index in [-0.39, 0.29) is 17.3 Å². The number of hydrogen-bond acceptors (Lipinski definition) is 5. The largest absolute Gasteiger partial charge is 0.497 e. The molecule has 2 N–H and O–H groups in total. The van der Waals surface area contributed by atoms with Crippen LogP contribution in [-0.4, -0.2) is 23.8 Å². The molecule has 0 unspecified atom stereocenters. The van der Waals surface area contributed by atoms with Crippen molar-refractivity contribution < 1.29 is 19.2 Å². The van der Waals surface area contributed by atoms with E-state index in [1.54, 1.807) is 58.2 Å². The summed E-state index contributed by atoms with van der Waals surface area (Å²) in [5, 5.41) is 16.1. The smallest absolute Gasteiger partial charge is 0.272 e. The predicted octanol–water partition coefficient (Wildman–Crippen LogP) is 3.75. The topological polar surface area (TPSA) is 111 Å². The van der Waals surface area contributed by atoms with Crippen LogP contribution in [0.1, 0.15) is 26.3 Å². The average molecular weight is 397 g/mol. The molecule has 0 fully saturated rings. The number of methoxy groups -OCH3 is 1. The van der Waals surface area contributed by atoms with Crippen LogP contribution in [0.5, 0.6) is 5.75 Å². The summed E-state index contributed by atoms with van der Waals surface area (Å²) in [4.78, 5) is 35.4. The summed E-state index contributed by atoms with van der Waals surface area (Å²) in [6, 6.07) is 12.4. The lowest BCUT2D eigenvalue weighted by molar-refractivity contribution is -0.384. The number of nitro benzene ring substituents is 1. The first-order valence-corrected chi connectivity index (χ1v) is 8.83. The zero-order valence-electron chi connectivity index (χ0n) is 16.7. The second kappa shape index (κ2) is 9.01. The number of nitrogens with one attached hydrogen (secondary N) is 2. The number of carbonyl (C=O) groups excluding carboxylic acids is 2. The Morgan fingerprint density at radius 1 is 1.03 bits per heavy atom. The van der Waals surface area contributed by atoms with Crippen molar-refractivity contribution in [2.75, 3.05) is 12.4 Å². The van der Waals surface area contributed by atoms with Gasteiger partial charge in [0.2, 0.25) is 5.91 Å². The molecule has 8 nitrogen and oxygen atoms in total. The van der Waals surface area contributed by atoms with Crippen LogP contribution in [0, 0.1) is 15.5 Å². The fourth-order valence-electron chi connectivity index (χ4n) is 2.20. The molecule has 0 aliphatic carbocycles. The molecule has 8 heteroatoms. The number of nitrogens with zero attached hydrogens (tertiary/aromatic N) is 1. The number of hydrogen-bond donors (Lipinski definition) is 2. The van der Waals surface area contributed by atoms with E-state index in [9.17, 15) is 19.7 Å². The van der Waals surface area contributed by atoms with Gasteiger partial charge in [0.15, 0.2) is 0 Å². The monoisotopic (exact) mass is 397 g/mol. The molecule has 0 saturated heterocycles. The molecule has 2 amide bonds. The van der Waals surface area contributed by atoms with Gasteiger partial charge < -0.3 is 15.4 Å². The highest BCUT2D eigenvalue weighted by molar-refractivity contribution is 6.09. The Labute approximate surface area is 168 Å². The minimum absolute atomic E-state index is 0.0495. The van der Waals surface area contributed by atoms with Crippen molar-refractivity contribution in [3.63, 3.8) is 0 Å². The van der Waals surface area contributed by atoms with Crippen LogP contribution in [0.2, 0.25) is 0 Å². The quantitative estimate of drug-likeness (QED) is 0.438. The number of benzene rings is 2. The minimum atomic E-state index is -0.702. The Bertz CT molecular complexity index is 926. The maximum atomic E-state index is 12.8. The number of anilines is 1. The summed E-state index contributed by atoms with van der Waals surface area (Å²) in [5.74, 6) is -0.207. The van der Waals surface area contributed by atoms with Crippen molar-refractivity contribution in [2.45, 2.75) is 20.8 Å². The van der Waals surface area contributed by atoms with Crippen molar-refractivity contribution in [2.24, 2.45) is 5.41 Å². The van der Waals surface area contributed by atoms with E-state index in [1.807, 2.05) is 0 Å². The SMILES string of the molecule is COc1ccc(/C=C(/NC(=O)C(C)(C)C)C(=O)Nc2ccc([N+](=O)[O-])cc2)cc1. The van der Waals surface area contributed by atoms with Crippen molar-refractivity contribution in [1.82, 2.24) is 5.32 Å². The summed E-state index contributed by atoms with van der Waals surface area (Å²) in [6.45, 7) is 5.21. The van der Waals surface area contributed by atoms with E-state index in [0.717, 1.165) is 0 Å². The van der Waals surface area contributed by atoms with E-state index < -0.39 is 16.2 Å². The number of rotatable bonds is 6. The van der Waals surface area contributed by atoms with Crippen LogP contribution >= 0.6 is 0 Å². The van der Waals surface area contributed by atoms with Crippen LogP contribution in [0.25, 0.3) is 6.08 Å². The Morgan fingerprint density at radius 2 is 1.62 bits per heavy atom. The Kier molecular flexibility index (Phi) is 6.71. The third-order valence-electron chi connectivity index (χ3n) is 3.94. The Morgan fingerprint density at radius 3 is 2.10 bits per heavy atom. The Balaban J connectivity index is 2.29. The molecule has 0 saturated carbocycles. The summed E-state index contributed by atoms with van der Waals surface area (Å²) < 4.78 is 5.12. The van der Waals surface area contributed by atoms with Gasteiger partial charge in [-0.25, -0.2) is 0 Å². The predicted molar refractivity (Wildman–Crippen MR) is 110 cm³/mol. The summed E-state index contributed by atoms with van der Waals surface area (Å²) in [7, 11) is 1.55. The van der Waals surface area contributed by atoms with Crippen molar-refractivity contribution >= 4 is 29.3 Å². The molecule has 0 bridgehead atoms. The lowest BCUT2D eigenvalue weighted by Crippen LogP contribution is -2.38. The lowest BCUT2D eigenvalue weighted by Gasteiger charge is -2.19. The van der Waals surface area contributed by atoms with E-state index in [4.69, 9.17) is 4.74 Å². The Hall–Kier alpha value is -3.68. The van der Waals surface area contributed by atoms with Crippen LogP contribution in [0.4, 0.5) is 11.4 Å². The molecule has 29 heavy (non-hydrogen) atoms. The van der Waals surface area contributed by atoms with Crippen molar-refractivity contribution in [1.29, 1.82) is 0 Å². The first kappa shape index (κ1) is 21.6. The third kappa shape index (κ3) is 6.17. The molecular formula is C21H23N3O5. The normalized spacial score (nSPS) is 11.5. The molecule has 2 aromatic rings. The lowest BCUT2D eigenvalue weighted by atomic mass is 9.95. The standard InChI is InChI=1S/C21H23N3O5/c1-21(2,3)20(26)23-18(13-14-5-11-17(29-4)12-6-14)19(25)22-15-7-9-16(10-8-15)24(27)28/h5-13H,1-4H3,(H,22,25)(H,23,26)/b18-13+. The van der Waals surface area contributed by atoms with Gasteiger partial charge in [-0.3, -0.25) is 19.7 Å². The highest BCUT2D eigenvalue weighted by Gasteiger charge is 2.24. The van der Waals surface area contributed by atoms with Gasteiger partial charge in [0.1, 0.15) is 11.4 Å². The molecule has 0 aromatic heterocycles. The highest BCUT2D eigenvalue weighted by atomic mass is 16.6. The molecule has 0 atom stereocenters. The maximum absolute atomic E-state index is 12.8. The van der Waals surface area contributed by atoms with E-state index in [2.05, 4.69) is 10.6 Å². The van der Waals surface area contributed by atoms with E-state index in [0.29, 0.717) is 17.0 Å². The van der Waals surface area contributed by atoms with Crippen LogP contribution in [0.15, 0.2) is 54.2 Å². The highest BCUT2D eigenvalue weighted by Crippen LogP contribution is 2.19. The summed E-state index contributed by atoms with van der Waals surface area (Å²) >= 11 is 0. The average Bonchev–Trinajstić information content (AvgIpc) is 2.67. The van der Waals surface area contributed by atoms with Gasteiger partial charge >= 0.3 is 0 Å². The van der Waals surface area contributed by atoms with Crippen LogP contribution < -0.4 is 15.4 Å². The van der Waals surface area contributed by atoms with Crippen LogP contribution in [-0.2, 0) is 9.59 Å². The second-order valence-electron chi connectivity index (χ2n) is 7.29. The fourth-order valence-corrected chi connectivity index (χ4v) is 2.20. The molecule has 0 aliphatic heterocycles. The number of carbonyl (C=O) groups is 2.